The molecule has 0 fully saturated rings. The molecule has 0 aliphatic carbocycles. The summed E-state index contributed by atoms with van der Waals surface area (Å²) in [6, 6.07) is 18.0. The summed E-state index contributed by atoms with van der Waals surface area (Å²) in [5.41, 5.74) is 2.25. The molecule has 0 spiro atoms. The standard InChI is InChI=1S/C13H11NOSe/c15-16-13-9-5-4-6-11(13)10-14(16)12-7-2-1-3-8-12/h1-9H,10H2. The van der Waals surface area contributed by atoms with Crippen molar-refractivity contribution in [2.75, 3.05) is 3.92 Å². The van der Waals surface area contributed by atoms with Crippen molar-refractivity contribution >= 4 is 24.2 Å². The van der Waals surface area contributed by atoms with Crippen molar-refractivity contribution in [2.24, 2.45) is 0 Å². The van der Waals surface area contributed by atoms with Gasteiger partial charge in [-0.25, -0.2) is 0 Å². The summed E-state index contributed by atoms with van der Waals surface area (Å²) in [7, 11) is 0. The SMILES string of the molecule is O=[Se]1c2ccccc2CN1c1ccccc1. The molecule has 0 saturated heterocycles. The van der Waals surface area contributed by atoms with Gasteiger partial charge in [-0.1, -0.05) is 0 Å². The molecule has 2 aromatic rings. The number of nitrogens with zero attached hydrogens (tertiary/aromatic N) is 1. The van der Waals surface area contributed by atoms with Gasteiger partial charge in [-0.2, -0.15) is 0 Å². The average Bonchev–Trinajstić information content (AvgIpc) is 2.69. The molecule has 0 radical (unpaired) electrons. The molecule has 2 aromatic carbocycles. The first-order valence-electron chi connectivity index (χ1n) is 5.18. The van der Waals surface area contributed by atoms with Crippen LogP contribution >= 0.6 is 0 Å². The summed E-state index contributed by atoms with van der Waals surface area (Å²) in [4.78, 5) is 0. The van der Waals surface area contributed by atoms with E-state index in [9.17, 15) is 3.83 Å². The molecule has 1 unspecified atom stereocenters. The fourth-order valence-corrected chi connectivity index (χ4v) is 4.77. The van der Waals surface area contributed by atoms with Gasteiger partial charge in [0.05, 0.1) is 0 Å². The topological polar surface area (TPSA) is 20.3 Å². The van der Waals surface area contributed by atoms with Crippen LogP contribution in [0.1, 0.15) is 5.56 Å². The van der Waals surface area contributed by atoms with Gasteiger partial charge in [0.15, 0.2) is 0 Å². The molecule has 80 valence electrons. The molecule has 1 aliphatic heterocycles. The van der Waals surface area contributed by atoms with Gasteiger partial charge < -0.3 is 0 Å². The van der Waals surface area contributed by atoms with E-state index in [-0.39, 0.29) is 0 Å². The van der Waals surface area contributed by atoms with Crippen molar-refractivity contribution in [3.8, 4) is 0 Å². The Morgan fingerprint density at radius 1 is 0.938 bits per heavy atom. The molecule has 1 heterocycles. The first-order chi connectivity index (χ1) is 7.86. The third-order valence-electron chi connectivity index (χ3n) is 2.72. The van der Waals surface area contributed by atoms with E-state index in [4.69, 9.17) is 0 Å². The molecule has 0 amide bonds. The van der Waals surface area contributed by atoms with Crippen LogP contribution in [-0.2, 0) is 10.4 Å². The van der Waals surface area contributed by atoms with Crippen molar-refractivity contribution in [1.29, 1.82) is 0 Å². The van der Waals surface area contributed by atoms with Crippen molar-refractivity contribution in [3.05, 3.63) is 60.2 Å². The zero-order valence-corrected chi connectivity index (χ0v) is 10.4. The van der Waals surface area contributed by atoms with Crippen LogP contribution in [0.15, 0.2) is 54.6 Å². The molecule has 3 rings (SSSR count). The van der Waals surface area contributed by atoms with Crippen LogP contribution in [0.25, 0.3) is 0 Å². The zero-order chi connectivity index (χ0) is 11.0. The van der Waals surface area contributed by atoms with Crippen molar-refractivity contribution in [3.63, 3.8) is 0 Å². The summed E-state index contributed by atoms with van der Waals surface area (Å²) in [6.45, 7) is 0.772. The quantitative estimate of drug-likeness (QED) is 0.741. The van der Waals surface area contributed by atoms with E-state index in [1.54, 1.807) is 0 Å². The van der Waals surface area contributed by atoms with Gasteiger partial charge in [0, 0.05) is 0 Å². The molecule has 16 heavy (non-hydrogen) atoms. The first-order valence-corrected chi connectivity index (χ1v) is 7.51. The molecule has 2 nitrogen and oxygen atoms in total. The summed E-state index contributed by atoms with van der Waals surface area (Å²) >= 11 is -2.06. The predicted octanol–water partition coefficient (Wildman–Crippen LogP) is 1.83. The summed E-state index contributed by atoms with van der Waals surface area (Å²) in [5.74, 6) is 0. The van der Waals surface area contributed by atoms with Crippen LogP contribution in [0.2, 0.25) is 0 Å². The zero-order valence-electron chi connectivity index (χ0n) is 8.67. The van der Waals surface area contributed by atoms with Gasteiger partial charge in [0.25, 0.3) is 0 Å². The molecule has 0 bridgehead atoms. The molecule has 1 aliphatic rings. The third kappa shape index (κ3) is 1.49. The molecule has 0 aromatic heterocycles. The number of benzene rings is 2. The Bertz CT molecular complexity index is 539. The fourth-order valence-electron chi connectivity index (χ4n) is 1.92. The Morgan fingerprint density at radius 3 is 2.38 bits per heavy atom. The minimum atomic E-state index is -2.06. The Labute approximate surface area is 98.8 Å². The number of anilines is 1. The average molecular weight is 276 g/mol. The van der Waals surface area contributed by atoms with Gasteiger partial charge in [-0.15, -0.1) is 0 Å². The van der Waals surface area contributed by atoms with Crippen LogP contribution in [0.3, 0.4) is 0 Å². The molecular weight excluding hydrogens is 265 g/mol. The van der Waals surface area contributed by atoms with E-state index in [0.717, 1.165) is 16.7 Å². The van der Waals surface area contributed by atoms with Crippen molar-refractivity contribution in [1.82, 2.24) is 0 Å². The fraction of sp³-hybridized carbons (Fsp3) is 0.0769. The van der Waals surface area contributed by atoms with E-state index >= 15 is 0 Å². The maximum absolute atomic E-state index is 12.3. The number of rotatable bonds is 1. The van der Waals surface area contributed by atoms with E-state index in [1.165, 1.54) is 5.56 Å². The van der Waals surface area contributed by atoms with Crippen molar-refractivity contribution in [2.45, 2.75) is 6.54 Å². The van der Waals surface area contributed by atoms with Crippen LogP contribution in [-0.4, -0.2) is 14.1 Å². The summed E-state index contributed by atoms with van der Waals surface area (Å²) < 4.78 is 15.4. The summed E-state index contributed by atoms with van der Waals surface area (Å²) in [6.07, 6.45) is 0. The van der Waals surface area contributed by atoms with Crippen LogP contribution in [0.4, 0.5) is 5.69 Å². The number of fused-ring (bicyclic) bond motifs is 1. The number of hydrogen-bond acceptors (Lipinski definition) is 1. The molecule has 0 saturated carbocycles. The van der Waals surface area contributed by atoms with E-state index in [0.29, 0.717) is 0 Å². The second-order valence-electron chi connectivity index (χ2n) is 3.73. The predicted molar refractivity (Wildman–Crippen MR) is 65.1 cm³/mol. The number of hydrogen-bond donors (Lipinski definition) is 0. The van der Waals surface area contributed by atoms with Crippen LogP contribution in [0.5, 0.6) is 0 Å². The van der Waals surface area contributed by atoms with Gasteiger partial charge in [-0.3, -0.25) is 0 Å². The second kappa shape index (κ2) is 3.85. The van der Waals surface area contributed by atoms with Crippen molar-refractivity contribution < 1.29 is 3.83 Å². The van der Waals surface area contributed by atoms with Gasteiger partial charge in [0.2, 0.25) is 0 Å². The monoisotopic (exact) mass is 277 g/mol. The first kappa shape index (κ1) is 9.76. The van der Waals surface area contributed by atoms with E-state index in [1.807, 2.05) is 52.4 Å². The second-order valence-corrected chi connectivity index (χ2v) is 6.62. The molecule has 1 atom stereocenters. The Balaban J connectivity index is 2.02. The molecule has 0 N–H and O–H groups in total. The normalized spacial score (nSPS) is 18.5. The van der Waals surface area contributed by atoms with Crippen LogP contribution < -0.4 is 8.38 Å². The minimum absolute atomic E-state index is 0.772. The molecular formula is C13H11NOSe. The van der Waals surface area contributed by atoms with Gasteiger partial charge >= 0.3 is 98.7 Å². The Morgan fingerprint density at radius 2 is 1.62 bits per heavy atom. The van der Waals surface area contributed by atoms with Crippen LogP contribution in [0, 0.1) is 0 Å². The van der Waals surface area contributed by atoms with Gasteiger partial charge in [0.1, 0.15) is 0 Å². The van der Waals surface area contributed by atoms with E-state index < -0.39 is 14.1 Å². The van der Waals surface area contributed by atoms with Gasteiger partial charge in [-0.05, 0) is 0 Å². The van der Waals surface area contributed by atoms with E-state index in [2.05, 4.69) is 6.07 Å². The Hall–Kier alpha value is -1.44. The number of para-hydroxylation sites is 1. The third-order valence-corrected chi connectivity index (χ3v) is 5.90. The maximum atomic E-state index is 12.3. The molecule has 3 heteroatoms. The Kier molecular flexibility index (Phi) is 2.35. The summed E-state index contributed by atoms with van der Waals surface area (Å²) in [5, 5.41) is 0.